The molecule has 1 aliphatic heterocycles. The van der Waals surface area contributed by atoms with Gasteiger partial charge in [0.1, 0.15) is 0 Å². The maximum atomic E-state index is 11.0. The van der Waals surface area contributed by atoms with E-state index in [0.29, 0.717) is 6.04 Å². The molecule has 0 saturated carbocycles. The van der Waals surface area contributed by atoms with Gasteiger partial charge >= 0.3 is 0 Å². The van der Waals surface area contributed by atoms with E-state index in [4.69, 9.17) is 0 Å². The van der Waals surface area contributed by atoms with Crippen LogP contribution in [0.5, 0.6) is 0 Å². The lowest BCUT2D eigenvalue weighted by molar-refractivity contribution is -0.114. The molecule has 0 radical (unpaired) electrons. The van der Waals surface area contributed by atoms with E-state index >= 15 is 0 Å². The van der Waals surface area contributed by atoms with Gasteiger partial charge in [0.15, 0.2) is 0 Å². The fourth-order valence-corrected chi connectivity index (χ4v) is 3.11. The zero-order valence-electron chi connectivity index (χ0n) is 15.1. The molecule has 0 spiro atoms. The van der Waals surface area contributed by atoms with Crippen molar-refractivity contribution in [1.82, 2.24) is 5.32 Å². The molecule has 0 bridgehead atoms. The third-order valence-corrected chi connectivity index (χ3v) is 4.42. The number of anilines is 1. The van der Waals surface area contributed by atoms with Crippen molar-refractivity contribution < 1.29 is 4.79 Å². The summed E-state index contributed by atoms with van der Waals surface area (Å²) in [6.07, 6.45) is 5.25. The molecule has 0 aliphatic carbocycles. The highest BCUT2D eigenvalue weighted by Gasteiger charge is 2.15. The minimum atomic E-state index is -0.0623. The second-order valence-electron chi connectivity index (χ2n) is 6.50. The van der Waals surface area contributed by atoms with Crippen LogP contribution in [0.1, 0.15) is 37.3 Å². The molecule has 0 aromatic heterocycles. The zero-order valence-corrected chi connectivity index (χ0v) is 15.1. The SMILES string of the molecule is CC(=O)Nc1ccc(C#CCCC2CC(c3ccccc3)=CCN2)cc1. The van der Waals surface area contributed by atoms with E-state index in [0.717, 1.165) is 37.1 Å². The predicted molar refractivity (Wildman–Crippen MR) is 108 cm³/mol. The Morgan fingerprint density at radius 1 is 1.15 bits per heavy atom. The smallest absolute Gasteiger partial charge is 0.221 e. The third-order valence-electron chi connectivity index (χ3n) is 4.42. The number of nitrogens with one attached hydrogen (secondary N) is 2. The normalized spacial score (nSPS) is 16.2. The molecule has 1 aliphatic rings. The van der Waals surface area contributed by atoms with E-state index in [2.05, 4.69) is 58.9 Å². The molecule has 2 aromatic rings. The van der Waals surface area contributed by atoms with Gasteiger partial charge in [-0.3, -0.25) is 4.79 Å². The van der Waals surface area contributed by atoms with Crippen LogP contribution >= 0.6 is 0 Å². The van der Waals surface area contributed by atoms with Gasteiger partial charge in [0.2, 0.25) is 5.91 Å². The summed E-state index contributed by atoms with van der Waals surface area (Å²) in [6, 6.07) is 18.7. The van der Waals surface area contributed by atoms with E-state index in [1.165, 1.54) is 18.1 Å². The molecular formula is C23H24N2O. The van der Waals surface area contributed by atoms with Crippen LogP contribution in [-0.2, 0) is 4.79 Å². The average molecular weight is 344 g/mol. The topological polar surface area (TPSA) is 41.1 Å². The number of hydrogen-bond donors (Lipinski definition) is 2. The maximum absolute atomic E-state index is 11.0. The van der Waals surface area contributed by atoms with Crippen LogP contribution in [-0.4, -0.2) is 18.5 Å². The lowest BCUT2D eigenvalue weighted by Crippen LogP contribution is -2.32. The van der Waals surface area contributed by atoms with Crippen LogP contribution in [0.25, 0.3) is 5.57 Å². The van der Waals surface area contributed by atoms with Gasteiger partial charge in [-0.1, -0.05) is 48.2 Å². The first kappa shape index (κ1) is 18.0. The third kappa shape index (κ3) is 5.34. The first-order valence-electron chi connectivity index (χ1n) is 9.05. The molecule has 0 saturated heterocycles. The Balaban J connectivity index is 1.49. The fourth-order valence-electron chi connectivity index (χ4n) is 3.11. The Kier molecular flexibility index (Phi) is 6.24. The molecule has 3 heteroatoms. The van der Waals surface area contributed by atoms with E-state index < -0.39 is 0 Å². The summed E-state index contributed by atoms with van der Waals surface area (Å²) in [4.78, 5) is 11.0. The molecular weight excluding hydrogens is 320 g/mol. The van der Waals surface area contributed by atoms with E-state index in [1.807, 2.05) is 24.3 Å². The Morgan fingerprint density at radius 3 is 2.65 bits per heavy atom. The van der Waals surface area contributed by atoms with Crippen molar-refractivity contribution in [3.63, 3.8) is 0 Å². The van der Waals surface area contributed by atoms with Gasteiger partial charge < -0.3 is 10.6 Å². The second-order valence-corrected chi connectivity index (χ2v) is 6.50. The minimum absolute atomic E-state index is 0.0623. The highest BCUT2D eigenvalue weighted by molar-refractivity contribution is 5.88. The predicted octanol–water partition coefficient (Wildman–Crippen LogP) is 4.22. The highest BCUT2D eigenvalue weighted by atomic mass is 16.1. The summed E-state index contributed by atoms with van der Waals surface area (Å²) < 4.78 is 0. The highest BCUT2D eigenvalue weighted by Crippen LogP contribution is 2.23. The fraction of sp³-hybridized carbons (Fsp3) is 0.261. The van der Waals surface area contributed by atoms with Crippen molar-refractivity contribution >= 4 is 17.2 Å². The van der Waals surface area contributed by atoms with Gasteiger partial charge in [-0.25, -0.2) is 0 Å². The molecule has 2 N–H and O–H groups in total. The van der Waals surface area contributed by atoms with Crippen LogP contribution in [0.15, 0.2) is 60.7 Å². The molecule has 132 valence electrons. The Labute approximate surface area is 155 Å². The number of rotatable bonds is 4. The van der Waals surface area contributed by atoms with Gasteiger partial charge in [-0.15, -0.1) is 0 Å². The van der Waals surface area contributed by atoms with Crippen LogP contribution in [0.3, 0.4) is 0 Å². The monoisotopic (exact) mass is 344 g/mol. The summed E-state index contributed by atoms with van der Waals surface area (Å²) >= 11 is 0. The van der Waals surface area contributed by atoms with Crippen LogP contribution in [0.4, 0.5) is 5.69 Å². The summed E-state index contributed by atoms with van der Waals surface area (Å²) in [5.41, 5.74) is 4.52. The first-order valence-corrected chi connectivity index (χ1v) is 9.05. The molecule has 26 heavy (non-hydrogen) atoms. The first-order chi connectivity index (χ1) is 12.7. The van der Waals surface area contributed by atoms with Crippen molar-refractivity contribution in [3.8, 4) is 11.8 Å². The van der Waals surface area contributed by atoms with Gasteiger partial charge in [0, 0.05) is 37.2 Å². The Bertz CT molecular complexity index is 826. The van der Waals surface area contributed by atoms with Gasteiger partial charge in [-0.05, 0) is 48.2 Å². The van der Waals surface area contributed by atoms with Crippen molar-refractivity contribution in [1.29, 1.82) is 0 Å². The number of carbonyl (C=O) groups is 1. The maximum Gasteiger partial charge on any atom is 0.221 e. The number of amides is 1. The average Bonchev–Trinajstić information content (AvgIpc) is 2.67. The Morgan fingerprint density at radius 2 is 1.92 bits per heavy atom. The molecule has 1 amide bonds. The molecule has 1 unspecified atom stereocenters. The van der Waals surface area contributed by atoms with Gasteiger partial charge in [-0.2, -0.15) is 0 Å². The molecule has 1 atom stereocenters. The molecule has 2 aromatic carbocycles. The number of carbonyl (C=O) groups excluding carboxylic acids is 1. The summed E-state index contributed by atoms with van der Waals surface area (Å²) in [5.74, 6) is 6.41. The van der Waals surface area contributed by atoms with Crippen molar-refractivity contribution in [3.05, 3.63) is 71.8 Å². The molecule has 0 fully saturated rings. The van der Waals surface area contributed by atoms with Crippen LogP contribution in [0.2, 0.25) is 0 Å². The number of benzene rings is 2. The van der Waals surface area contributed by atoms with Crippen molar-refractivity contribution in [2.24, 2.45) is 0 Å². The number of hydrogen-bond acceptors (Lipinski definition) is 2. The van der Waals surface area contributed by atoms with Gasteiger partial charge in [0.05, 0.1) is 0 Å². The quantitative estimate of drug-likeness (QED) is 0.815. The summed E-state index contributed by atoms with van der Waals surface area (Å²) in [5, 5.41) is 6.32. The minimum Gasteiger partial charge on any atom is -0.326 e. The van der Waals surface area contributed by atoms with E-state index in [-0.39, 0.29) is 5.91 Å². The molecule has 3 rings (SSSR count). The summed E-state index contributed by atoms with van der Waals surface area (Å²) in [7, 11) is 0. The zero-order chi connectivity index (χ0) is 18.2. The molecule has 3 nitrogen and oxygen atoms in total. The lowest BCUT2D eigenvalue weighted by Gasteiger charge is -2.24. The molecule has 1 heterocycles. The lowest BCUT2D eigenvalue weighted by atomic mass is 9.93. The van der Waals surface area contributed by atoms with Gasteiger partial charge in [0.25, 0.3) is 0 Å². The second kappa shape index (κ2) is 9.03. The van der Waals surface area contributed by atoms with Crippen molar-refractivity contribution in [2.75, 3.05) is 11.9 Å². The summed E-state index contributed by atoms with van der Waals surface area (Å²) in [6.45, 7) is 2.43. The van der Waals surface area contributed by atoms with E-state index in [1.54, 1.807) is 0 Å². The van der Waals surface area contributed by atoms with Crippen molar-refractivity contribution in [2.45, 2.75) is 32.2 Å². The van der Waals surface area contributed by atoms with Crippen LogP contribution in [0, 0.1) is 11.8 Å². The standard InChI is InChI=1S/C23H24N2O/c1-18(26)25-22-13-11-19(12-14-22)7-5-6-10-23-17-21(15-16-24-23)20-8-3-2-4-9-20/h2-4,8-9,11-15,23-24H,6,10,16-17H2,1H3,(H,25,26). The van der Waals surface area contributed by atoms with E-state index in [9.17, 15) is 4.79 Å². The Hall–Kier alpha value is -2.83. The van der Waals surface area contributed by atoms with Crippen LogP contribution < -0.4 is 10.6 Å². The largest absolute Gasteiger partial charge is 0.326 e.